The molecule has 0 aliphatic carbocycles. The first-order valence-corrected chi connectivity index (χ1v) is 12.6. The van der Waals surface area contributed by atoms with Gasteiger partial charge in [-0.05, 0) is 61.2 Å². The molecule has 3 aromatic rings. The number of hydrogen-bond acceptors (Lipinski definition) is 4. The summed E-state index contributed by atoms with van der Waals surface area (Å²) in [4.78, 5) is 29.3. The monoisotopic (exact) mass is 474 g/mol. The number of fused-ring (bicyclic) bond motifs is 2. The van der Waals surface area contributed by atoms with Crippen molar-refractivity contribution in [3.05, 3.63) is 89.0 Å². The van der Waals surface area contributed by atoms with E-state index in [1.807, 2.05) is 31.2 Å². The number of nitrogens with zero attached hydrogens (tertiary/aromatic N) is 1. The molecule has 7 heteroatoms. The number of amides is 2. The number of carbonyl (C=O) groups excluding carboxylic acids is 2. The van der Waals surface area contributed by atoms with Crippen LogP contribution in [0.25, 0.3) is 0 Å². The Morgan fingerprint density at radius 2 is 1.88 bits per heavy atom. The topological polar surface area (TPSA) is 75.7 Å². The molecule has 1 fully saturated rings. The zero-order valence-electron chi connectivity index (χ0n) is 19.0. The third-order valence-corrected chi connectivity index (χ3v) is 7.88. The van der Waals surface area contributed by atoms with Gasteiger partial charge in [-0.15, -0.1) is 0 Å². The van der Waals surface area contributed by atoms with Crippen LogP contribution in [-0.4, -0.2) is 35.3 Å². The molecule has 1 saturated heterocycles. The maximum absolute atomic E-state index is 13.7. The first kappa shape index (κ1) is 22.5. The number of ether oxygens (including phenoxy) is 1. The number of rotatable bonds is 5. The average molecular weight is 475 g/mol. The van der Waals surface area contributed by atoms with Crippen LogP contribution in [0.3, 0.4) is 0 Å². The Balaban J connectivity index is 1.55. The van der Waals surface area contributed by atoms with Crippen LogP contribution in [0.2, 0.25) is 0 Å². The molecule has 34 heavy (non-hydrogen) atoms. The highest BCUT2D eigenvalue weighted by atomic mass is 32.2. The lowest BCUT2D eigenvalue weighted by Gasteiger charge is -2.24. The SMILES string of the molecule is Cc1ccccc1CN1C(=O)c2ccccc2S(=O)c2ccc(C(=O)NCC3CCCO3)cc21. The average Bonchev–Trinajstić information content (AvgIpc) is 3.37. The number of carbonyl (C=O) groups is 2. The summed E-state index contributed by atoms with van der Waals surface area (Å²) in [6.45, 7) is 3.48. The van der Waals surface area contributed by atoms with Crippen LogP contribution in [-0.2, 0) is 22.1 Å². The Labute approximate surface area is 201 Å². The molecule has 5 rings (SSSR count). The van der Waals surface area contributed by atoms with Gasteiger partial charge in [0.15, 0.2) is 0 Å². The summed E-state index contributed by atoms with van der Waals surface area (Å²) in [7, 11) is -1.55. The minimum absolute atomic E-state index is 0.0333. The zero-order valence-corrected chi connectivity index (χ0v) is 19.8. The van der Waals surface area contributed by atoms with Gasteiger partial charge < -0.3 is 15.0 Å². The van der Waals surface area contributed by atoms with Crippen molar-refractivity contribution in [1.29, 1.82) is 0 Å². The van der Waals surface area contributed by atoms with E-state index in [9.17, 15) is 13.8 Å². The molecule has 1 N–H and O–H groups in total. The molecule has 3 aromatic carbocycles. The third kappa shape index (κ3) is 4.29. The minimum Gasteiger partial charge on any atom is -0.376 e. The van der Waals surface area contributed by atoms with Crippen molar-refractivity contribution in [3.8, 4) is 0 Å². The Morgan fingerprint density at radius 1 is 1.09 bits per heavy atom. The summed E-state index contributed by atoms with van der Waals surface area (Å²) in [6, 6.07) is 19.9. The molecule has 2 aliphatic rings. The van der Waals surface area contributed by atoms with E-state index >= 15 is 0 Å². The quantitative estimate of drug-likeness (QED) is 0.601. The number of anilines is 1. The van der Waals surface area contributed by atoms with E-state index in [1.54, 1.807) is 47.4 Å². The van der Waals surface area contributed by atoms with Gasteiger partial charge in [-0.25, -0.2) is 4.21 Å². The summed E-state index contributed by atoms with van der Waals surface area (Å²) in [5, 5.41) is 2.93. The lowest BCUT2D eigenvalue weighted by Crippen LogP contribution is -2.33. The normalized spacial score (nSPS) is 19.3. The molecule has 2 heterocycles. The highest BCUT2D eigenvalue weighted by Crippen LogP contribution is 2.36. The van der Waals surface area contributed by atoms with E-state index < -0.39 is 10.8 Å². The fourth-order valence-corrected chi connectivity index (χ4v) is 5.78. The Hall–Kier alpha value is -3.29. The van der Waals surface area contributed by atoms with E-state index in [2.05, 4.69) is 5.32 Å². The van der Waals surface area contributed by atoms with Gasteiger partial charge in [0.05, 0.1) is 44.5 Å². The maximum Gasteiger partial charge on any atom is 0.259 e. The standard InChI is InChI=1S/C27H26N2O4S/c1-18-7-2-3-8-20(18)17-29-23-15-19(26(30)28-16-21-9-6-14-33-21)12-13-25(23)34(32)24-11-5-4-10-22(24)27(29)31/h2-5,7-8,10-13,15,21H,6,9,14,16-17H2,1H3,(H,28,30). The molecule has 2 amide bonds. The van der Waals surface area contributed by atoms with Gasteiger partial charge in [0, 0.05) is 18.7 Å². The molecule has 174 valence electrons. The Bertz CT molecular complexity index is 1280. The lowest BCUT2D eigenvalue weighted by molar-refractivity contribution is 0.0857. The molecule has 2 atom stereocenters. The molecule has 0 bridgehead atoms. The summed E-state index contributed by atoms with van der Waals surface area (Å²) in [6.07, 6.45) is 1.97. The fraction of sp³-hybridized carbons (Fsp3) is 0.259. The first-order chi connectivity index (χ1) is 16.5. The highest BCUT2D eigenvalue weighted by molar-refractivity contribution is 7.85. The van der Waals surface area contributed by atoms with Gasteiger partial charge in [0.25, 0.3) is 11.8 Å². The minimum atomic E-state index is -1.55. The largest absolute Gasteiger partial charge is 0.376 e. The van der Waals surface area contributed by atoms with Crippen molar-refractivity contribution in [1.82, 2.24) is 5.32 Å². The molecule has 2 aliphatic heterocycles. The van der Waals surface area contributed by atoms with Gasteiger partial charge in [-0.3, -0.25) is 9.59 Å². The predicted molar refractivity (Wildman–Crippen MR) is 131 cm³/mol. The van der Waals surface area contributed by atoms with E-state index in [4.69, 9.17) is 4.74 Å². The van der Waals surface area contributed by atoms with Gasteiger partial charge in [0.1, 0.15) is 0 Å². The lowest BCUT2D eigenvalue weighted by atomic mass is 10.1. The fourth-order valence-electron chi connectivity index (χ4n) is 4.43. The smallest absolute Gasteiger partial charge is 0.259 e. The van der Waals surface area contributed by atoms with Crippen LogP contribution < -0.4 is 10.2 Å². The molecule has 0 spiro atoms. The number of hydrogen-bond donors (Lipinski definition) is 1. The molecule has 0 radical (unpaired) electrons. The molecular formula is C27H26N2O4S. The van der Waals surface area contributed by atoms with Crippen molar-refractivity contribution in [3.63, 3.8) is 0 Å². The van der Waals surface area contributed by atoms with Gasteiger partial charge in [-0.1, -0.05) is 36.4 Å². The van der Waals surface area contributed by atoms with Crippen molar-refractivity contribution in [2.45, 2.75) is 42.2 Å². The number of aryl methyl sites for hydroxylation is 1. The number of nitrogens with one attached hydrogen (secondary N) is 1. The summed E-state index contributed by atoms with van der Waals surface area (Å²) in [5.41, 5.74) is 3.37. The van der Waals surface area contributed by atoms with Crippen LogP contribution in [0.15, 0.2) is 76.5 Å². The first-order valence-electron chi connectivity index (χ1n) is 11.4. The molecule has 6 nitrogen and oxygen atoms in total. The van der Waals surface area contributed by atoms with Crippen molar-refractivity contribution < 1.29 is 18.5 Å². The van der Waals surface area contributed by atoms with Crippen LogP contribution in [0.1, 0.15) is 44.7 Å². The summed E-state index contributed by atoms with van der Waals surface area (Å²) >= 11 is 0. The second-order valence-electron chi connectivity index (χ2n) is 8.61. The zero-order chi connectivity index (χ0) is 23.7. The third-order valence-electron chi connectivity index (χ3n) is 6.38. The van der Waals surface area contributed by atoms with E-state index in [0.717, 1.165) is 30.6 Å². The van der Waals surface area contributed by atoms with Crippen molar-refractivity contribution in [2.75, 3.05) is 18.1 Å². The number of benzene rings is 3. The van der Waals surface area contributed by atoms with E-state index in [0.29, 0.717) is 39.7 Å². The van der Waals surface area contributed by atoms with E-state index in [-0.39, 0.29) is 17.9 Å². The molecule has 2 unspecified atom stereocenters. The van der Waals surface area contributed by atoms with Gasteiger partial charge in [0.2, 0.25) is 0 Å². The van der Waals surface area contributed by atoms with Gasteiger partial charge >= 0.3 is 0 Å². The summed E-state index contributed by atoms with van der Waals surface area (Å²) < 4.78 is 19.1. The second-order valence-corrected chi connectivity index (χ2v) is 10.0. The Kier molecular flexibility index (Phi) is 6.30. The second kappa shape index (κ2) is 9.52. The van der Waals surface area contributed by atoms with Crippen molar-refractivity contribution >= 4 is 28.3 Å². The Morgan fingerprint density at radius 3 is 2.68 bits per heavy atom. The molecule has 0 saturated carbocycles. The molecule has 0 aromatic heterocycles. The highest BCUT2D eigenvalue weighted by Gasteiger charge is 2.32. The van der Waals surface area contributed by atoms with Crippen LogP contribution in [0, 0.1) is 6.92 Å². The maximum atomic E-state index is 13.7. The summed E-state index contributed by atoms with van der Waals surface area (Å²) in [5.74, 6) is -0.475. The van der Waals surface area contributed by atoms with E-state index in [1.165, 1.54) is 0 Å². The predicted octanol–water partition coefficient (Wildman–Crippen LogP) is 4.23. The van der Waals surface area contributed by atoms with Crippen LogP contribution in [0.5, 0.6) is 0 Å². The van der Waals surface area contributed by atoms with Gasteiger partial charge in [-0.2, -0.15) is 0 Å². The van der Waals surface area contributed by atoms with Crippen LogP contribution in [0.4, 0.5) is 5.69 Å². The van der Waals surface area contributed by atoms with Crippen LogP contribution >= 0.6 is 0 Å². The molecular weight excluding hydrogens is 448 g/mol. The van der Waals surface area contributed by atoms with Crippen molar-refractivity contribution in [2.24, 2.45) is 0 Å².